The molecule has 2 fully saturated rings. The van der Waals surface area contributed by atoms with Gasteiger partial charge in [-0.25, -0.2) is 13.2 Å². The zero-order valence-electron chi connectivity index (χ0n) is 28.0. The smallest absolute Gasteiger partial charge is 0.419 e. The number of amidine groups is 1. The molecule has 2 saturated heterocycles. The van der Waals surface area contributed by atoms with Gasteiger partial charge in [0.2, 0.25) is 0 Å². The summed E-state index contributed by atoms with van der Waals surface area (Å²) in [6, 6.07) is 5.57. The first-order valence-electron chi connectivity index (χ1n) is 16.2. The van der Waals surface area contributed by atoms with Crippen molar-refractivity contribution in [3.8, 4) is 5.75 Å². The summed E-state index contributed by atoms with van der Waals surface area (Å²) in [6.07, 6.45) is -7.11. The summed E-state index contributed by atoms with van der Waals surface area (Å²) < 4.78 is 125. The van der Waals surface area contributed by atoms with E-state index < -0.39 is 71.5 Å². The van der Waals surface area contributed by atoms with E-state index >= 15 is 0 Å². The van der Waals surface area contributed by atoms with E-state index in [1.807, 2.05) is 0 Å². The topological polar surface area (TPSA) is 118 Å². The van der Waals surface area contributed by atoms with Gasteiger partial charge in [0.1, 0.15) is 29.2 Å². The van der Waals surface area contributed by atoms with Crippen LogP contribution in [0.25, 0.3) is 6.08 Å². The largest absolute Gasteiger partial charge is 0.593 e. The number of ether oxygens (including phenoxy) is 1. The molecule has 0 aromatic heterocycles. The fourth-order valence-electron chi connectivity index (χ4n) is 6.30. The van der Waals surface area contributed by atoms with Gasteiger partial charge >= 0.3 is 18.5 Å². The highest BCUT2D eigenvalue weighted by atomic mass is 32.2. The number of aliphatic imine (C=N–C) groups is 1. The summed E-state index contributed by atoms with van der Waals surface area (Å²) in [5, 5.41) is 14.1. The Hall–Kier alpha value is -3.74. The normalized spacial score (nSPS) is 20.1. The summed E-state index contributed by atoms with van der Waals surface area (Å²) in [7, 11) is 0. The van der Waals surface area contributed by atoms with Crippen LogP contribution < -0.4 is 10.1 Å². The summed E-state index contributed by atoms with van der Waals surface area (Å²) in [4.78, 5) is 32.2. The lowest BCUT2D eigenvalue weighted by molar-refractivity contribution is -0.153. The van der Waals surface area contributed by atoms with Crippen LogP contribution in [0.3, 0.4) is 0 Å². The van der Waals surface area contributed by atoms with E-state index in [0.717, 1.165) is 22.8 Å². The molecule has 3 heterocycles. The lowest BCUT2D eigenvalue weighted by Gasteiger charge is -2.36. The Morgan fingerprint density at radius 3 is 2.23 bits per heavy atom. The molecule has 52 heavy (non-hydrogen) atoms. The SMILES string of the molecule is Cc1cc(C(=O)N2CCC(O)(CF)CC2)cc(C)c1/C=C/[S+]([O-])N1CCC2(CC1)N=C(c1ccc(C(F)(F)F)c(OCC(F)(F)C(F)F)c1)NC2=O. The van der Waals surface area contributed by atoms with Gasteiger partial charge in [-0.05, 0) is 86.6 Å². The van der Waals surface area contributed by atoms with Crippen molar-refractivity contribution in [3.05, 3.63) is 69.1 Å². The molecule has 2 aromatic carbocycles. The number of rotatable bonds is 10. The molecule has 9 nitrogen and oxygen atoms in total. The average molecular weight is 765 g/mol. The zero-order valence-corrected chi connectivity index (χ0v) is 28.9. The minimum Gasteiger partial charge on any atom is -0.593 e. The third-order valence-corrected chi connectivity index (χ3v) is 10.7. The van der Waals surface area contributed by atoms with Gasteiger partial charge in [0.25, 0.3) is 11.8 Å². The fourth-order valence-corrected chi connectivity index (χ4v) is 7.27. The number of piperidine rings is 2. The Labute approximate surface area is 297 Å². The zero-order chi connectivity index (χ0) is 38.2. The first-order chi connectivity index (χ1) is 24.3. The van der Waals surface area contributed by atoms with Crippen molar-refractivity contribution in [1.82, 2.24) is 14.5 Å². The molecule has 5 rings (SSSR count). The second kappa shape index (κ2) is 14.9. The third-order valence-electron chi connectivity index (χ3n) is 9.51. The van der Waals surface area contributed by atoms with Crippen LogP contribution in [0, 0.1) is 13.8 Å². The number of halogens is 8. The second-order valence-electron chi connectivity index (χ2n) is 13.2. The van der Waals surface area contributed by atoms with E-state index in [9.17, 15) is 54.4 Å². The molecular formula is C34H36F8N4O5S. The highest BCUT2D eigenvalue weighted by Gasteiger charge is 2.48. The van der Waals surface area contributed by atoms with Crippen LogP contribution in [-0.4, -0.2) is 99.5 Å². The number of hydrogen-bond acceptors (Lipinski definition) is 7. The van der Waals surface area contributed by atoms with E-state index in [1.54, 1.807) is 41.3 Å². The molecule has 2 aromatic rings. The number of nitrogens with one attached hydrogen (secondary N) is 1. The standard InChI is InChI=1S/C34H36F8N4O5S/c1-20-15-23(28(47)45-10-6-31(49,18-35)7-11-45)16-21(2)24(20)5-14-52(50)46-12-8-32(9-13-46)30(48)43-27(44-32)22-3-4-25(34(40,41)42)26(17-22)51-19-33(38,39)29(36)37/h3-5,14-17,29,49H,6-13,18-19H2,1-2H3,(H,43,44,48)/b14-5+. The average Bonchev–Trinajstić information content (AvgIpc) is 3.41. The number of hydrogen-bond donors (Lipinski definition) is 2. The minimum atomic E-state index is -5.06. The van der Waals surface area contributed by atoms with E-state index in [4.69, 9.17) is 0 Å². The number of nitrogens with zero attached hydrogens (tertiary/aromatic N) is 3. The Bertz CT molecular complexity index is 1720. The van der Waals surface area contributed by atoms with Crippen LogP contribution in [0.4, 0.5) is 35.1 Å². The molecule has 3 aliphatic heterocycles. The van der Waals surface area contributed by atoms with Gasteiger partial charge in [0.05, 0.1) is 22.5 Å². The fraction of sp³-hybridized carbons (Fsp3) is 0.500. The summed E-state index contributed by atoms with van der Waals surface area (Å²) in [5.74, 6) is -6.82. The van der Waals surface area contributed by atoms with Crippen LogP contribution in [0.5, 0.6) is 5.75 Å². The van der Waals surface area contributed by atoms with Crippen LogP contribution in [-0.2, 0) is 22.3 Å². The van der Waals surface area contributed by atoms with Crippen molar-refractivity contribution in [1.29, 1.82) is 0 Å². The highest BCUT2D eigenvalue weighted by Crippen LogP contribution is 2.39. The van der Waals surface area contributed by atoms with Crippen LogP contribution in [0.2, 0.25) is 0 Å². The van der Waals surface area contributed by atoms with Crippen LogP contribution >= 0.6 is 0 Å². The van der Waals surface area contributed by atoms with E-state index in [-0.39, 0.29) is 69.2 Å². The van der Waals surface area contributed by atoms with Crippen molar-refractivity contribution >= 4 is 35.1 Å². The summed E-state index contributed by atoms with van der Waals surface area (Å²) in [6.45, 7) is 1.45. The molecule has 1 atom stereocenters. The van der Waals surface area contributed by atoms with Gasteiger partial charge in [0.15, 0.2) is 6.61 Å². The van der Waals surface area contributed by atoms with Crippen LogP contribution in [0.1, 0.15) is 63.9 Å². The molecule has 1 unspecified atom stereocenters. The molecule has 2 N–H and O–H groups in total. The monoisotopic (exact) mass is 764 g/mol. The van der Waals surface area contributed by atoms with Gasteiger partial charge in [-0.2, -0.15) is 22.0 Å². The summed E-state index contributed by atoms with van der Waals surface area (Å²) in [5.41, 5.74) is -1.69. The van der Waals surface area contributed by atoms with Crippen molar-refractivity contribution in [3.63, 3.8) is 0 Å². The van der Waals surface area contributed by atoms with Gasteiger partial charge in [-0.1, -0.05) is 6.07 Å². The number of carbonyl (C=O) groups is 2. The number of benzene rings is 2. The van der Waals surface area contributed by atoms with Crippen molar-refractivity contribution < 1.29 is 59.1 Å². The maximum Gasteiger partial charge on any atom is 0.419 e. The van der Waals surface area contributed by atoms with Gasteiger partial charge < -0.3 is 24.6 Å². The predicted molar refractivity (Wildman–Crippen MR) is 175 cm³/mol. The molecule has 284 valence electrons. The predicted octanol–water partition coefficient (Wildman–Crippen LogP) is 5.58. The molecule has 1 spiro atoms. The maximum atomic E-state index is 13.5. The molecule has 18 heteroatoms. The maximum absolute atomic E-state index is 13.5. The lowest BCUT2D eigenvalue weighted by Crippen LogP contribution is -2.50. The number of alkyl halides is 8. The lowest BCUT2D eigenvalue weighted by atomic mass is 9.89. The van der Waals surface area contributed by atoms with E-state index in [0.29, 0.717) is 17.7 Å². The number of amides is 2. The highest BCUT2D eigenvalue weighted by molar-refractivity contribution is 7.92. The van der Waals surface area contributed by atoms with Crippen molar-refractivity contribution in [2.75, 3.05) is 39.5 Å². The molecule has 0 saturated carbocycles. The Kier molecular flexibility index (Phi) is 11.3. The molecule has 0 aliphatic carbocycles. The second-order valence-corrected chi connectivity index (χ2v) is 14.5. The number of aryl methyl sites for hydroxylation is 2. The number of likely N-dealkylation sites (tertiary alicyclic amines) is 1. The Balaban J connectivity index is 1.24. The number of carbonyl (C=O) groups excluding carboxylic acids is 2. The van der Waals surface area contributed by atoms with Crippen molar-refractivity contribution in [2.24, 2.45) is 4.99 Å². The molecule has 2 amide bonds. The van der Waals surface area contributed by atoms with E-state index in [2.05, 4.69) is 15.0 Å². The quantitative estimate of drug-likeness (QED) is 0.241. The minimum absolute atomic E-state index is 0.0839. The number of aliphatic hydroxyl groups is 1. The molecule has 0 bridgehead atoms. The van der Waals surface area contributed by atoms with E-state index in [1.165, 1.54) is 5.41 Å². The van der Waals surface area contributed by atoms with Crippen LogP contribution in [0.15, 0.2) is 40.7 Å². The van der Waals surface area contributed by atoms with Gasteiger partial charge in [-0.15, -0.1) is 4.31 Å². The van der Waals surface area contributed by atoms with Gasteiger partial charge in [-0.3, -0.25) is 14.6 Å². The molecule has 0 radical (unpaired) electrons. The third kappa shape index (κ3) is 8.39. The summed E-state index contributed by atoms with van der Waals surface area (Å²) >= 11 is -1.64. The molecule has 3 aliphatic rings. The molecular weight excluding hydrogens is 728 g/mol. The first-order valence-corrected chi connectivity index (χ1v) is 17.4. The Morgan fingerprint density at radius 1 is 1.06 bits per heavy atom. The van der Waals surface area contributed by atoms with Gasteiger partial charge in [0, 0.05) is 37.3 Å². The Morgan fingerprint density at radius 2 is 1.67 bits per heavy atom. The van der Waals surface area contributed by atoms with Crippen molar-refractivity contribution in [2.45, 2.75) is 69.2 Å². The first kappa shape index (κ1) is 39.5.